The number of nitrogens with two attached hydrogens (primary N) is 1. The molecule has 1 aliphatic rings. The molecular weight excluding hydrogens is 230 g/mol. The van der Waals surface area contributed by atoms with Gasteiger partial charge in [0, 0.05) is 11.8 Å². The van der Waals surface area contributed by atoms with E-state index in [1.807, 2.05) is 23.9 Å². The van der Waals surface area contributed by atoms with Crippen LogP contribution in [0.2, 0.25) is 0 Å². The van der Waals surface area contributed by atoms with Crippen LogP contribution in [0.5, 0.6) is 5.75 Å². The minimum atomic E-state index is 0.120. The minimum Gasteiger partial charge on any atom is -0.490 e. The molecule has 0 spiro atoms. The summed E-state index contributed by atoms with van der Waals surface area (Å²) in [5, 5.41) is 0. The maximum atomic E-state index is 6.17. The predicted octanol–water partition coefficient (Wildman–Crippen LogP) is 3.37. The molecule has 0 saturated heterocycles. The molecule has 2 rings (SSSR count). The third kappa shape index (κ3) is 4.25. The SMILES string of the molecule is CCCSCC(N)c1cccc(OC2CC2)c1. The molecule has 1 atom stereocenters. The van der Waals surface area contributed by atoms with Crippen molar-refractivity contribution in [3.05, 3.63) is 29.8 Å². The summed E-state index contributed by atoms with van der Waals surface area (Å²) >= 11 is 1.92. The van der Waals surface area contributed by atoms with Crippen LogP contribution in [-0.4, -0.2) is 17.6 Å². The second kappa shape index (κ2) is 6.31. The average Bonchev–Trinajstić information content (AvgIpc) is 3.13. The van der Waals surface area contributed by atoms with E-state index in [1.54, 1.807) is 0 Å². The van der Waals surface area contributed by atoms with Crippen LogP contribution >= 0.6 is 11.8 Å². The standard InChI is InChI=1S/C14H21NOS/c1-2-8-17-10-14(15)11-4-3-5-13(9-11)16-12-6-7-12/h3-5,9,12,14H,2,6-8,10,15H2,1H3. The van der Waals surface area contributed by atoms with Gasteiger partial charge in [-0.15, -0.1) is 0 Å². The van der Waals surface area contributed by atoms with Gasteiger partial charge in [-0.05, 0) is 42.7 Å². The summed E-state index contributed by atoms with van der Waals surface area (Å²) in [6, 6.07) is 8.37. The highest BCUT2D eigenvalue weighted by Crippen LogP contribution is 2.28. The summed E-state index contributed by atoms with van der Waals surface area (Å²) in [4.78, 5) is 0. The third-order valence-electron chi connectivity index (χ3n) is 2.76. The van der Waals surface area contributed by atoms with Crippen LogP contribution in [0.1, 0.15) is 37.8 Å². The molecule has 1 unspecified atom stereocenters. The summed E-state index contributed by atoms with van der Waals surface area (Å²) in [5.74, 6) is 3.15. The van der Waals surface area contributed by atoms with Gasteiger partial charge < -0.3 is 10.5 Å². The lowest BCUT2D eigenvalue weighted by atomic mass is 10.1. The van der Waals surface area contributed by atoms with Crippen molar-refractivity contribution >= 4 is 11.8 Å². The van der Waals surface area contributed by atoms with Gasteiger partial charge in [-0.1, -0.05) is 19.1 Å². The van der Waals surface area contributed by atoms with Gasteiger partial charge in [-0.3, -0.25) is 0 Å². The molecule has 0 radical (unpaired) electrons. The van der Waals surface area contributed by atoms with Crippen LogP contribution in [0, 0.1) is 0 Å². The summed E-state index contributed by atoms with van der Waals surface area (Å²) < 4.78 is 5.78. The van der Waals surface area contributed by atoms with E-state index in [1.165, 1.54) is 30.6 Å². The van der Waals surface area contributed by atoms with E-state index in [-0.39, 0.29) is 6.04 Å². The molecule has 2 N–H and O–H groups in total. The lowest BCUT2D eigenvalue weighted by molar-refractivity contribution is 0.303. The molecule has 0 aromatic heterocycles. The number of hydrogen-bond acceptors (Lipinski definition) is 3. The Morgan fingerprint density at radius 1 is 1.47 bits per heavy atom. The molecule has 3 heteroatoms. The number of benzene rings is 1. The minimum absolute atomic E-state index is 0.120. The molecule has 0 amide bonds. The Balaban J connectivity index is 1.89. The van der Waals surface area contributed by atoms with Crippen molar-refractivity contribution in [1.29, 1.82) is 0 Å². The van der Waals surface area contributed by atoms with E-state index in [4.69, 9.17) is 10.5 Å². The zero-order chi connectivity index (χ0) is 12.1. The number of rotatable bonds is 7. The fourth-order valence-corrected chi connectivity index (χ4v) is 2.55. The topological polar surface area (TPSA) is 35.2 Å². The highest BCUT2D eigenvalue weighted by atomic mass is 32.2. The lowest BCUT2D eigenvalue weighted by Gasteiger charge is -2.13. The smallest absolute Gasteiger partial charge is 0.120 e. The Morgan fingerprint density at radius 3 is 3.00 bits per heavy atom. The number of thioether (sulfide) groups is 1. The summed E-state index contributed by atoms with van der Waals surface area (Å²) in [6.07, 6.45) is 4.06. The molecule has 17 heavy (non-hydrogen) atoms. The Morgan fingerprint density at radius 2 is 2.29 bits per heavy atom. The number of hydrogen-bond donors (Lipinski definition) is 1. The second-order valence-electron chi connectivity index (χ2n) is 4.57. The Bertz CT molecular complexity index is 352. The number of ether oxygens (including phenoxy) is 1. The maximum absolute atomic E-state index is 6.17. The first kappa shape index (κ1) is 12.8. The normalized spacial score (nSPS) is 16.8. The van der Waals surface area contributed by atoms with Crippen LogP contribution in [0.3, 0.4) is 0 Å². The molecule has 0 bridgehead atoms. The summed E-state index contributed by atoms with van der Waals surface area (Å²) in [7, 11) is 0. The highest BCUT2D eigenvalue weighted by molar-refractivity contribution is 7.99. The Kier molecular flexibility index (Phi) is 4.75. The van der Waals surface area contributed by atoms with Gasteiger partial charge in [0.05, 0.1) is 6.10 Å². The molecular formula is C14H21NOS. The van der Waals surface area contributed by atoms with Gasteiger partial charge in [0.1, 0.15) is 5.75 Å². The van der Waals surface area contributed by atoms with Gasteiger partial charge in [-0.25, -0.2) is 0 Å². The molecule has 94 valence electrons. The zero-order valence-corrected chi connectivity index (χ0v) is 11.2. The molecule has 1 aliphatic carbocycles. The van der Waals surface area contributed by atoms with Crippen molar-refractivity contribution in [3.8, 4) is 5.75 Å². The van der Waals surface area contributed by atoms with Crippen LogP contribution < -0.4 is 10.5 Å². The van der Waals surface area contributed by atoms with Crippen LogP contribution in [0.15, 0.2) is 24.3 Å². The molecule has 1 aromatic rings. The van der Waals surface area contributed by atoms with Crippen molar-refractivity contribution in [2.75, 3.05) is 11.5 Å². The van der Waals surface area contributed by atoms with E-state index < -0.39 is 0 Å². The highest BCUT2D eigenvalue weighted by Gasteiger charge is 2.23. The summed E-state index contributed by atoms with van der Waals surface area (Å²) in [5.41, 5.74) is 7.36. The van der Waals surface area contributed by atoms with Gasteiger partial charge >= 0.3 is 0 Å². The third-order valence-corrected chi connectivity index (χ3v) is 4.05. The monoisotopic (exact) mass is 251 g/mol. The molecule has 1 fully saturated rings. The summed E-state index contributed by atoms with van der Waals surface area (Å²) in [6.45, 7) is 2.20. The van der Waals surface area contributed by atoms with Crippen molar-refractivity contribution in [2.45, 2.75) is 38.3 Å². The average molecular weight is 251 g/mol. The van der Waals surface area contributed by atoms with Crippen molar-refractivity contribution in [2.24, 2.45) is 5.73 Å². The van der Waals surface area contributed by atoms with Crippen LogP contribution in [0.4, 0.5) is 0 Å². The Labute approximate surface area is 108 Å². The predicted molar refractivity (Wildman–Crippen MR) is 74.6 cm³/mol. The largest absolute Gasteiger partial charge is 0.490 e. The maximum Gasteiger partial charge on any atom is 0.120 e. The quantitative estimate of drug-likeness (QED) is 0.755. The van der Waals surface area contributed by atoms with Crippen molar-refractivity contribution in [1.82, 2.24) is 0 Å². The van der Waals surface area contributed by atoms with E-state index in [0.717, 1.165) is 11.5 Å². The van der Waals surface area contributed by atoms with Crippen molar-refractivity contribution in [3.63, 3.8) is 0 Å². The Hall–Kier alpha value is -0.670. The molecule has 1 aromatic carbocycles. The van der Waals surface area contributed by atoms with Crippen LogP contribution in [0.25, 0.3) is 0 Å². The first-order valence-corrected chi connectivity index (χ1v) is 7.55. The molecule has 0 aliphatic heterocycles. The van der Waals surface area contributed by atoms with Gasteiger partial charge in [0.25, 0.3) is 0 Å². The first-order chi connectivity index (χ1) is 8.29. The van der Waals surface area contributed by atoms with Gasteiger partial charge in [-0.2, -0.15) is 11.8 Å². The molecule has 0 heterocycles. The van der Waals surface area contributed by atoms with Crippen LogP contribution in [-0.2, 0) is 0 Å². The van der Waals surface area contributed by atoms with E-state index >= 15 is 0 Å². The lowest BCUT2D eigenvalue weighted by Crippen LogP contribution is -2.13. The van der Waals surface area contributed by atoms with Gasteiger partial charge in [0.2, 0.25) is 0 Å². The molecule has 2 nitrogen and oxygen atoms in total. The fourth-order valence-electron chi connectivity index (χ4n) is 1.65. The van der Waals surface area contributed by atoms with Crippen molar-refractivity contribution < 1.29 is 4.74 Å². The molecule has 1 saturated carbocycles. The second-order valence-corrected chi connectivity index (χ2v) is 5.72. The van der Waals surface area contributed by atoms with Gasteiger partial charge in [0.15, 0.2) is 0 Å². The fraction of sp³-hybridized carbons (Fsp3) is 0.571. The zero-order valence-electron chi connectivity index (χ0n) is 10.4. The van der Waals surface area contributed by atoms with E-state index in [9.17, 15) is 0 Å². The van der Waals surface area contributed by atoms with E-state index in [2.05, 4.69) is 19.1 Å². The van der Waals surface area contributed by atoms with E-state index in [0.29, 0.717) is 6.10 Å². The first-order valence-electron chi connectivity index (χ1n) is 6.39.